The van der Waals surface area contributed by atoms with Gasteiger partial charge in [-0.2, -0.15) is 0 Å². The Morgan fingerprint density at radius 2 is 1.78 bits per heavy atom. The Morgan fingerprint density at radius 3 is 2.33 bits per heavy atom. The van der Waals surface area contributed by atoms with Crippen LogP contribution in [0.3, 0.4) is 0 Å². The Morgan fingerprint density at radius 1 is 1.11 bits per heavy atom. The molecule has 2 rings (SSSR count). The zero-order valence-electron chi connectivity index (χ0n) is 12.0. The fourth-order valence-corrected chi connectivity index (χ4v) is 2.18. The molecule has 0 radical (unpaired) electrons. The van der Waals surface area contributed by atoms with Gasteiger partial charge in [0.1, 0.15) is 17.5 Å². The largest absolute Gasteiger partial charge is 0.373 e. The first-order valence-electron chi connectivity index (χ1n) is 6.83. The highest BCUT2D eigenvalue weighted by atomic mass is 15.2. The molecule has 0 saturated carbocycles. The molecule has 1 fully saturated rings. The summed E-state index contributed by atoms with van der Waals surface area (Å²) in [7, 11) is 1.91. The monoisotopic (exact) mass is 248 g/mol. The van der Waals surface area contributed by atoms with Crippen molar-refractivity contribution in [3.63, 3.8) is 0 Å². The third-order valence-electron chi connectivity index (χ3n) is 3.32. The highest BCUT2D eigenvalue weighted by molar-refractivity contribution is 5.50. The summed E-state index contributed by atoms with van der Waals surface area (Å²) in [4.78, 5) is 11.7. The van der Waals surface area contributed by atoms with E-state index in [1.54, 1.807) is 0 Å². The highest BCUT2D eigenvalue weighted by Crippen LogP contribution is 2.25. The van der Waals surface area contributed by atoms with Crippen LogP contribution in [0.2, 0.25) is 0 Å². The van der Waals surface area contributed by atoms with E-state index < -0.39 is 0 Å². The minimum Gasteiger partial charge on any atom is -0.373 e. The first-order chi connectivity index (χ1) is 8.50. The summed E-state index contributed by atoms with van der Waals surface area (Å²) in [5.74, 6) is 2.89. The molecule has 0 amide bonds. The number of nitrogens with one attached hydrogen (secondary N) is 1. The second-order valence-corrected chi connectivity index (χ2v) is 5.98. The van der Waals surface area contributed by atoms with E-state index >= 15 is 0 Å². The Labute approximate surface area is 110 Å². The van der Waals surface area contributed by atoms with Crippen LogP contribution >= 0.6 is 0 Å². The highest BCUT2D eigenvalue weighted by Gasteiger charge is 2.21. The molecule has 1 N–H and O–H groups in total. The minimum atomic E-state index is -0.0165. The third kappa shape index (κ3) is 2.92. The van der Waals surface area contributed by atoms with Gasteiger partial charge in [-0.05, 0) is 19.3 Å². The van der Waals surface area contributed by atoms with Crippen LogP contribution in [0.1, 0.15) is 45.9 Å². The van der Waals surface area contributed by atoms with Crippen LogP contribution in [-0.2, 0) is 5.41 Å². The van der Waals surface area contributed by atoms with Crippen molar-refractivity contribution in [2.45, 2.75) is 45.4 Å². The zero-order chi connectivity index (χ0) is 13.2. The first kappa shape index (κ1) is 13.1. The summed E-state index contributed by atoms with van der Waals surface area (Å²) in [6.45, 7) is 8.69. The number of aromatic nitrogens is 2. The Balaban J connectivity index is 2.34. The predicted octanol–water partition coefficient (Wildman–Crippen LogP) is 2.81. The second-order valence-electron chi connectivity index (χ2n) is 5.98. The molecule has 1 aromatic heterocycles. The molecule has 0 unspecified atom stereocenters. The number of anilines is 2. The van der Waals surface area contributed by atoms with E-state index in [4.69, 9.17) is 4.98 Å². The molecule has 0 spiro atoms. The number of hydrogen-bond donors (Lipinski definition) is 1. The lowest BCUT2D eigenvalue weighted by Gasteiger charge is -2.29. The van der Waals surface area contributed by atoms with E-state index in [0.29, 0.717) is 0 Å². The maximum absolute atomic E-state index is 4.75. The Hall–Kier alpha value is -1.32. The van der Waals surface area contributed by atoms with Crippen molar-refractivity contribution in [3.8, 4) is 0 Å². The molecule has 100 valence electrons. The fraction of sp³-hybridized carbons (Fsp3) is 0.714. The molecule has 2 heterocycles. The average molecular weight is 248 g/mol. The number of piperidine rings is 1. The van der Waals surface area contributed by atoms with Gasteiger partial charge in [-0.25, -0.2) is 9.97 Å². The summed E-state index contributed by atoms with van der Waals surface area (Å²) in [6.07, 6.45) is 3.88. The van der Waals surface area contributed by atoms with Gasteiger partial charge in [-0.3, -0.25) is 0 Å². The molecule has 0 aromatic carbocycles. The van der Waals surface area contributed by atoms with Crippen molar-refractivity contribution in [2.75, 3.05) is 30.4 Å². The summed E-state index contributed by atoms with van der Waals surface area (Å²) in [5.41, 5.74) is -0.0165. The molecule has 1 saturated heterocycles. The SMILES string of the molecule is CNc1cc(N2CCCCC2)nc(C(C)(C)C)n1. The normalized spacial score (nSPS) is 16.8. The molecule has 4 nitrogen and oxygen atoms in total. The van der Waals surface area contributed by atoms with Crippen molar-refractivity contribution < 1.29 is 0 Å². The van der Waals surface area contributed by atoms with Gasteiger partial charge in [0.15, 0.2) is 0 Å². The predicted molar refractivity (Wildman–Crippen MR) is 76.3 cm³/mol. The van der Waals surface area contributed by atoms with Crippen LogP contribution in [0.4, 0.5) is 11.6 Å². The van der Waals surface area contributed by atoms with E-state index in [1.807, 2.05) is 7.05 Å². The first-order valence-corrected chi connectivity index (χ1v) is 6.83. The van der Waals surface area contributed by atoms with Gasteiger partial charge in [0.2, 0.25) is 0 Å². The van der Waals surface area contributed by atoms with Crippen LogP contribution in [0, 0.1) is 0 Å². The number of nitrogens with zero attached hydrogens (tertiary/aromatic N) is 3. The van der Waals surface area contributed by atoms with Gasteiger partial charge in [0, 0.05) is 31.6 Å². The van der Waals surface area contributed by atoms with Crippen LogP contribution in [0.5, 0.6) is 0 Å². The fourth-order valence-electron chi connectivity index (χ4n) is 2.18. The lowest BCUT2D eigenvalue weighted by molar-refractivity contribution is 0.536. The van der Waals surface area contributed by atoms with E-state index in [-0.39, 0.29) is 5.41 Å². The summed E-state index contributed by atoms with van der Waals surface area (Å²) in [6, 6.07) is 2.06. The summed E-state index contributed by atoms with van der Waals surface area (Å²) < 4.78 is 0. The topological polar surface area (TPSA) is 41.0 Å². The number of rotatable bonds is 2. The van der Waals surface area contributed by atoms with E-state index in [2.05, 4.69) is 42.0 Å². The summed E-state index contributed by atoms with van der Waals surface area (Å²) in [5, 5.41) is 3.14. The lowest BCUT2D eigenvalue weighted by Crippen LogP contribution is -2.31. The molecule has 1 aliphatic heterocycles. The van der Waals surface area contributed by atoms with Crippen molar-refractivity contribution in [1.29, 1.82) is 0 Å². The lowest BCUT2D eigenvalue weighted by atomic mass is 9.95. The molecule has 0 bridgehead atoms. The van der Waals surface area contributed by atoms with Gasteiger partial charge in [-0.1, -0.05) is 20.8 Å². The number of hydrogen-bond acceptors (Lipinski definition) is 4. The molecule has 1 aliphatic rings. The smallest absolute Gasteiger partial charge is 0.138 e. The molecule has 1 aromatic rings. The zero-order valence-corrected chi connectivity index (χ0v) is 12.0. The summed E-state index contributed by atoms with van der Waals surface area (Å²) >= 11 is 0. The Bertz CT molecular complexity index is 403. The molecule has 0 aliphatic carbocycles. The van der Waals surface area contributed by atoms with Gasteiger partial charge in [-0.15, -0.1) is 0 Å². The minimum absolute atomic E-state index is 0.0165. The van der Waals surface area contributed by atoms with E-state index in [9.17, 15) is 0 Å². The van der Waals surface area contributed by atoms with Crippen molar-refractivity contribution in [2.24, 2.45) is 0 Å². The van der Waals surface area contributed by atoms with Gasteiger partial charge in [0.05, 0.1) is 0 Å². The van der Waals surface area contributed by atoms with Crippen LogP contribution < -0.4 is 10.2 Å². The molecule has 0 atom stereocenters. The van der Waals surface area contributed by atoms with Gasteiger partial charge < -0.3 is 10.2 Å². The van der Waals surface area contributed by atoms with Crippen molar-refractivity contribution in [3.05, 3.63) is 11.9 Å². The van der Waals surface area contributed by atoms with Crippen LogP contribution in [0.15, 0.2) is 6.07 Å². The maximum atomic E-state index is 4.75. The average Bonchev–Trinajstić information content (AvgIpc) is 2.38. The van der Waals surface area contributed by atoms with Crippen LogP contribution in [0.25, 0.3) is 0 Å². The maximum Gasteiger partial charge on any atom is 0.138 e. The quantitative estimate of drug-likeness (QED) is 0.874. The molecular formula is C14H24N4. The van der Waals surface area contributed by atoms with Crippen LogP contribution in [-0.4, -0.2) is 30.1 Å². The van der Waals surface area contributed by atoms with Crippen molar-refractivity contribution >= 4 is 11.6 Å². The van der Waals surface area contributed by atoms with Gasteiger partial charge >= 0.3 is 0 Å². The second kappa shape index (κ2) is 5.12. The third-order valence-corrected chi connectivity index (χ3v) is 3.32. The molecular weight excluding hydrogens is 224 g/mol. The molecule has 4 heteroatoms. The van der Waals surface area contributed by atoms with E-state index in [0.717, 1.165) is 30.5 Å². The standard InChI is InChI=1S/C14H24N4/c1-14(2,3)13-16-11(15-4)10-12(17-13)18-8-6-5-7-9-18/h10H,5-9H2,1-4H3,(H,15,16,17). The van der Waals surface area contributed by atoms with Gasteiger partial charge in [0.25, 0.3) is 0 Å². The van der Waals surface area contributed by atoms with E-state index in [1.165, 1.54) is 19.3 Å². The molecule has 18 heavy (non-hydrogen) atoms. The Kier molecular flexibility index (Phi) is 3.73. The van der Waals surface area contributed by atoms with Crippen molar-refractivity contribution in [1.82, 2.24) is 9.97 Å².